The fraction of sp³-hybridized carbons (Fsp3) is 0.917. The lowest BCUT2D eigenvalue weighted by atomic mass is 10.2. The van der Waals surface area contributed by atoms with Gasteiger partial charge in [-0.1, -0.05) is 26.2 Å². The van der Waals surface area contributed by atoms with Crippen LogP contribution in [0.1, 0.15) is 39.5 Å². The second-order valence-corrected chi connectivity index (χ2v) is 4.32. The molecule has 0 aromatic carbocycles. The molecule has 0 rings (SSSR count). The molecule has 5 nitrogen and oxygen atoms in total. The van der Waals surface area contributed by atoms with E-state index < -0.39 is 18.1 Å². The Labute approximate surface area is 104 Å². The highest BCUT2D eigenvalue weighted by molar-refractivity contribution is 5.79. The molecule has 2 atom stereocenters. The molecule has 102 valence electrons. The molecule has 5 heteroatoms. The molecule has 0 saturated carbocycles. The summed E-state index contributed by atoms with van der Waals surface area (Å²) in [6, 6.07) is -0.422. The highest BCUT2D eigenvalue weighted by Crippen LogP contribution is 1.99. The van der Waals surface area contributed by atoms with Crippen LogP contribution in [0.3, 0.4) is 0 Å². The van der Waals surface area contributed by atoms with Crippen molar-refractivity contribution >= 4 is 5.91 Å². The molecule has 0 aromatic rings. The van der Waals surface area contributed by atoms with Gasteiger partial charge in [0.1, 0.15) is 0 Å². The van der Waals surface area contributed by atoms with Crippen LogP contribution in [0.5, 0.6) is 0 Å². The van der Waals surface area contributed by atoms with Gasteiger partial charge >= 0.3 is 0 Å². The Balaban J connectivity index is 3.34. The summed E-state index contributed by atoms with van der Waals surface area (Å²) < 4.78 is 5.33. The van der Waals surface area contributed by atoms with Gasteiger partial charge in [0.15, 0.2) is 0 Å². The number of aliphatic hydroxyl groups is 1. The van der Waals surface area contributed by atoms with Crippen LogP contribution in [0.2, 0.25) is 0 Å². The number of hydrogen-bond acceptors (Lipinski definition) is 4. The lowest BCUT2D eigenvalue weighted by molar-refractivity contribution is -0.119. The summed E-state index contributed by atoms with van der Waals surface area (Å²) in [7, 11) is 0. The van der Waals surface area contributed by atoms with Crippen LogP contribution in [-0.2, 0) is 9.53 Å². The Bertz CT molecular complexity index is 200. The molecule has 0 radical (unpaired) electrons. The van der Waals surface area contributed by atoms with Gasteiger partial charge < -0.3 is 20.9 Å². The summed E-state index contributed by atoms with van der Waals surface area (Å²) in [5.74, 6) is -0.419. The maximum atomic E-state index is 10.7. The predicted molar refractivity (Wildman–Crippen MR) is 67.6 cm³/mol. The minimum Gasteiger partial charge on any atom is -0.389 e. The second kappa shape index (κ2) is 10.5. The molecule has 0 aromatic heterocycles. The lowest BCUT2D eigenvalue weighted by Gasteiger charge is -2.15. The zero-order valence-electron chi connectivity index (χ0n) is 10.9. The SMILES string of the molecule is CCCCCCOCC(O)CNC(C)C(N)=O. The normalized spacial score (nSPS) is 14.5. The summed E-state index contributed by atoms with van der Waals surface area (Å²) in [5, 5.41) is 12.4. The molecule has 0 bridgehead atoms. The summed E-state index contributed by atoms with van der Waals surface area (Å²) in [4.78, 5) is 10.7. The Kier molecular flexibility index (Phi) is 10.1. The van der Waals surface area contributed by atoms with Crippen molar-refractivity contribution in [3.05, 3.63) is 0 Å². The quantitative estimate of drug-likeness (QED) is 0.461. The Morgan fingerprint density at radius 2 is 2.12 bits per heavy atom. The van der Waals surface area contributed by atoms with Crippen LogP contribution in [0.25, 0.3) is 0 Å². The smallest absolute Gasteiger partial charge is 0.234 e. The molecule has 0 aliphatic rings. The van der Waals surface area contributed by atoms with Crippen molar-refractivity contribution in [3.63, 3.8) is 0 Å². The highest BCUT2D eigenvalue weighted by Gasteiger charge is 2.10. The van der Waals surface area contributed by atoms with E-state index in [-0.39, 0.29) is 0 Å². The Hall–Kier alpha value is -0.650. The zero-order valence-corrected chi connectivity index (χ0v) is 10.9. The number of hydrogen-bond donors (Lipinski definition) is 3. The lowest BCUT2D eigenvalue weighted by Crippen LogP contribution is -2.43. The third-order valence-corrected chi connectivity index (χ3v) is 2.54. The van der Waals surface area contributed by atoms with E-state index in [2.05, 4.69) is 12.2 Å². The fourth-order valence-electron chi connectivity index (χ4n) is 1.32. The molecule has 2 unspecified atom stereocenters. The van der Waals surface area contributed by atoms with Crippen molar-refractivity contribution in [1.82, 2.24) is 5.32 Å². The first-order valence-electron chi connectivity index (χ1n) is 6.36. The predicted octanol–water partition coefficient (Wildman–Crippen LogP) is 0.408. The van der Waals surface area contributed by atoms with E-state index >= 15 is 0 Å². The van der Waals surface area contributed by atoms with E-state index in [0.717, 1.165) is 6.42 Å². The molecule has 0 aliphatic carbocycles. The molecule has 0 aliphatic heterocycles. The van der Waals surface area contributed by atoms with Crippen molar-refractivity contribution in [2.24, 2.45) is 5.73 Å². The third-order valence-electron chi connectivity index (χ3n) is 2.54. The number of unbranched alkanes of at least 4 members (excludes halogenated alkanes) is 3. The van der Waals surface area contributed by atoms with Crippen LogP contribution in [0.4, 0.5) is 0 Å². The van der Waals surface area contributed by atoms with Crippen LogP contribution in [0.15, 0.2) is 0 Å². The molecule has 0 heterocycles. The first-order chi connectivity index (χ1) is 8.07. The van der Waals surface area contributed by atoms with Crippen molar-refractivity contribution in [2.45, 2.75) is 51.7 Å². The summed E-state index contributed by atoms with van der Waals surface area (Å²) >= 11 is 0. The maximum absolute atomic E-state index is 10.7. The number of rotatable bonds is 11. The fourth-order valence-corrected chi connectivity index (χ4v) is 1.32. The summed E-state index contributed by atoms with van der Waals surface area (Å²) in [5.41, 5.74) is 5.08. The number of aliphatic hydroxyl groups excluding tert-OH is 1. The third kappa shape index (κ3) is 10.2. The molecule has 1 amide bonds. The standard InChI is InChI=1S/C12H26N2O3/c1-3-4-5-6-7-17-9-11(15)8-14-10(2)12(13)16/h10-11,14-15H,3-9H2,1-2H3,(H2,13,16). The largest absolute Gasteiger partial charge is 0.389 e. The van der Waals surface area contributed by atoms with Crippen molar-refractivity contribution in [1.29, 1.82) is 0 Å². The molecule has 0 saturated heterocycles. The first-order valence-corrected chi connectivity index (χ1v) is 6.36. The number of primary amides is 1. The van der Waals surface area contributed by atoms with Gasteiger partial charge in [-0.2, -0.15) is 0 Å². The van der Waals surface area contributed by atoms with E-state index in [4.69, 9.17) is 10.5 Å². The van der Waals surface area contributed by atoms with Crippen LogP contribution >= 0.6 is 0 Å². The van der Waals surface area contributed by atoms with Gasteiger partial charge in [0.2, 0.25) is 5.91 Å². The van der Waals surface area contributed by atoms with Gasteiger partial charge in [-0.15, -0.1) is 0 Å². The molecule has 0 fully saturated rings. The van der Waals surface area contributed by atoms with Crippen molar-refractivity contribution < 1.29 is 14.6 Å². The van der Waals surface area contributed by atoms with Crippen LogP contribution in [-0.4, -0.2) is 42.9 Å². The van der Waals surface area contributed by atoms with Gasteiger partial charge in [-0.05, 0) is 13.3 Å². The van der Waals surface area contributed by atoms with E-state index in [9.17, 15) is 9.90 Å². The number of nitrogens with two attached hydrogens (primary N) is 1. The minimum atomic E-state index is -0.594. The average Bonchev–Trinajstić information content (AvgIpc) is 2.30. The van der Waals surface area contributed by atoms with Gasteiger partial charge in [0.25, 0.3) is 0 Å². The van der Waals surface area contributed by atoms with Crippen molar-refractivity contribution in [2.75, 3.05) is 19.8 Å². The molecular weight excluding hydrogens is 220 g/mol. The van der Waals surface area contributed by atoms with E-state index in [1.165, 1.54) is 19.3 Å². The number of amides is 1. The molecular formula is C12H26N2O3. The van der Waals surface area contributed by atoms with Gasteiger partial charge in [-0.25, -0.2) is 0 Å². The van der Waals surface area contributed by atoms with Crippen molar-refractivity contribution in [3.8, 4) is 0 Å². The number of nitrogens with one attached hydrogen (secondary N) is 1. The minimum absolute atomic E-state index is 0.296. The first kappa shape index (κ1) is 16.4. The van der Waals surface area contributed by atoms with Crippen LogP contribution < -0.4 is 11.1 Å². The van der Waals surface area contributed by atoms with Gasteiger partial charge in [-0.3, -0.25) is 4.79 Å². The summed E-state index contributed by atoms with van der Waals surface area (Å²) in [6.07, 6.45) is 4.04. The highest BCUT2D eigenvalue weighted by atomic mass is 16.5. The topological polar surface area (TPSA) is 84.6 Å². The van der Waals surface area contributed by atoms with Gasteiger partial charge in [0, 0.05) is 13.2 Å². The number of carbonyl (C=O) groups is 1. The summed E-state index contributed by atoms with van der Waals surface area (Å²) in [6.45, 7) is 5.13. The zero-order chi connectivity index (χ0) is 13.1. The molecule has 0 spiro atoms. The Morgan fingerprint density at radius 3 is 2.71 bits per heavy atom. The number of carbonyl (C=O) groups excluding carboxylic acids is 1. The van der Waals surface area contributed by atoms with Gasteiger partial charge in [0.05, 0.1) is 18.8 Å². The van der Waals surface area contributed by atoms with E-state index in [1.807, 2.05) is 0 Å². The van der Waals surface area contributed by atoms with E-state index in [0.29, 0.717) is 19.8 Å². The maximum Gasteiger partial charge on any atom is 0.234 e. The Morgan fingerprint density at radius 1 is 1.41 bits per heavy atom. The average molecular weight is 246 g/mol. The van der Waals surface area contributed by atoms with Crippen LogP contribution in [0, 0.1) is 0 Å². The van der Waals surface area contributed by atoms with E-state index in [1.54, 1.807) is 6.92 Å². The second-order valence-electron chi connectivity index (χ2n) is 4.32. The monoisotopic (exact) mass is 246 g/mol. The molecule has 4 N–H and O–H groups in total. The number of ether oxygens (including phenoxy) is 1. The molecule has 17 heavy (non-hydrogen) atoms.